The molecule has 0 saturated heterocycles. The SMILES string of the molecule is COc1ccc(Cl)cc1-c1nnc(SCC(=O)Nc2nc(-c3ccc(C)cc3)cs2)n1C. The third kappa shape index (κ3) is 4.95. The van der Waals surface area contributed by atoms with Gasteiger partial charge in [-0.15, -0.1) is 21.5 Å². The molecule has 0 aliphatic carbocycles. The number of thioether (sulfide) groups is 1. The fraction of sp³-hybridized carbons (Fsp3) is 0.182. The van der Waals surface area contributed by atoms with Crippen LogP contribution in [0.15, 0.2) is 53.0 Å². The van der Waals surface area contributed by atoms with Crippen LogP contribution in [0, 0.1) is 6.92 Å². The van der Waals surface area contributed by atoms with Crippen LogP contribution in [0.2, 0.25) is 5.02 Å². The Kier molecular flexibility index (Phi) is 6.78. The number of nitrogens with zero attached hydrogens (tertiary/aromatic N) is 4. The summed E-state index contributed by atoms with van der Waals surface area (Å²) in [5, 5.41) is 15.0. The van der Waals surface area contributed by atoms with Crippen LogP contribution in [0.3, 0.4) is 0 Å². The monoisotopic (exact) mass is 485 g/mol. The van der Waals surface area contributed by atoms with E-state index in [1.54, 1.807) is 25.3 Å². The van der Waals surface area contributed by atoms with Gasteiger partial charge >= 0.3 is 0 Å². The van der Waals surface area contributed by atoms with Crippen LogP contribution in [-0.4, -0.2) is 38.5 Å². The molecule has 1 N–H and O–H groups in total. The molecule has 4 rings (SSSR count). The van der Waals surface area contributed by atoms with E-state index in [1.807, 2.05) is 48.2 Å². The minimum atomic E-state index is -0.162. The largest absolute Gasteiger partial charge is 0.496 e. The van der Waals surface area contributed by atoms with E-state index in [1.165, 1.54) is 28.7 Å². The second-order valence-electron chi connectivity index (χ2n) is 6.95. The van der Waals surface area contributed by atoms with Crippen molar-refractivity contribution in [3.8, 4) is 28.4 Å². The Bertz CT molecular complexity index is 1250. The maximum Gasteiger partial charge on any atom is 0.236 e. The van der Waals surface area contributed by atoms with E-state index in [4.69, 9.17) is 16.3 Å². The van der Waals surface area contributed by atoms with E-state index in [-0.39, 0.29) is 11.7 Å². The Labute approximate surface area is 198 Å². The van der Waals surface area contributed by atoms with Crippen molar-refractivity contribution in [2.24, 2.45) is 7.05 Å². The van der Waals surface area contributed by atoms with Crippen LogP contribution in [0.5, 0.6) is 5.75 Å². The van der Waals surface area contributed by atoms with E-state index in [0.717, 1.165) is 16.8 Å². The highest BCUT2D eigenvalue weighted by Crippen LogP contribution is 2.33. The lowest BCUT2D eigenvalue weighted by molar-refractivity contribution is -0.113. The highest BCUT2D eigenvalue weighted by Gasteiger charge is 2.17. The van der Waals surface area contributed by atoms with Crippen LogP contribution >= 0.6 is 34.7 Å². The third-order valence-corrected chi connectivity index (χ3v) is 6.68. The topological polar surface area (TPSA) is 81.9 Å². The van der Waals surface area contributed by atoms with Gasteiger partial charge in [-0.2, -0.15) is 0 Å². The Morgan fingerprint density at radius 3 is 2.75 bits per heavy atom. The fourth-order valence-corrected chi connectivity index (χ4v) is 4.62. The summed E-state index contributed by atoms with van der Waals surface area (Å²) < 4.78 is 7.22. The van der Waals surface area contributed by atoms with Crippen LogP contribution in [0.1, 0.15) is 5.56 Å². The Hall–Kier alpha value is -2.88. The van der Waals surface area contributed by atoms with Crippen LogP contribution in [-0.2, 0) is 11.8 Å². The van der Waals surface area contributed by atoms with Crippen molar-refractivity contribution in [3.63, 3.8) is 0 Å². The number of nitrogens with one attached hydrogen (secondary N) is 1. The van der Waals surface area contributed by atoms with Gasteiger partial charge in [0.15, 0.2) is 16.1 Å². The number of hydrogen-bond donors (Lipinski definition) is 1. The van der Waals surface area contributed by atoms with Crippen LogP contribution < -0.4 is 10.1 Å². The maximum atomic E-state index is 12.4. The predicted octanol–water partition coefficient (Wildman–Crippen LogP) is 5.31. The van der Waals surface area contributed by atoms with Crippen LogP contribution in [0.4, 0.5) is 5.13 Å². The van der Waals surface area contributed by atoms with E-state index in [2.05, 4.69) is 20.5 Å². The number of carbonyl (C=O) groups is 1. The zero-order valence-electron chi connectivity index (χ0n) is 17.6. The van der Waals surface area contributed by atoms with Gasteiger partial charge in [0.25, 0.3) is 0 Å². The quantitative estimate of drug-likeness (QED) is 0.357. The second-order valence-corrected chi connectivity index (χ2v) is 9.19. The van der Waals surface area contributed by atoms with Gasteiger partial charge in [-0.1, -0.05) is 53.2 Å². The first-order chi connectivity index (χ1) is 15.4. The molecule has 0 aliphatic rings. The lowest BCUT2D eigenvalue weighted by atomic mass is 10.1. The molecule has 0 bridgehead atoms. The standard InChI is InChI=1S/C22H20ClN5O2S2/c1-13-4-6-14(7-5-13)17-11-31-21(24-17)25-19(29)12-32-22-27-26-20(28(22)2)16-10-15(23)8-9-18(16)30-3/h4-11H,12H2,1-3H3,(H,24,25,29). The number of rotatable bonds is 7. The molecule has 4 aromatic rings. The van der Waals surface area contributed by atoms with E-state index < -0.39 is 0 Å². The first-order valence-corrected chi connectivity index (χ1v) is 11.9. The van der Waals surface area contributed by atoms with Crippen molar-refractivity contribution in [3.05, 3.63) is 58.4 Å². The maximum absolute atomic E-state index is 12.4. The molecule has 2 aromatic heterocycles. The van der Waals surface area contributed by atoms with Gasteiger partial charge in [-0.05, 0) is 25.1 Å². The van der Waals surface area contributed by atoms with Crippen molar-refractivity contribution in [2.75, 3.05) is 18.2 Å². The van der Waals surface area contributed by atoms with Gasteiger partial charge in [0.1, 0.15) is 5.75 Å². The summed E-state index contributed by atoms with van der Waals surface area (Å²) >= 11 is 8.82. The lowest BCUT2D eigenvalue weighted by Crippen LogP contribution is -2.14. The molecule has 2 aromatic carbocycles. The predicted molar refractivity (Wildman–Crippen MR) is 130 cm³/mol. The molecule has 164 valence electrons. The Balaban J connectivity index is 1.40. The number of ether oxygens (including phenoxy) is 1. The van der Waals surface area contributed by atoms with Gasteiger partial charge in [0, 0.05) is 23.0 Å². The van der Waals surface area contributed by atoms with E-state index in [9.17, 15) is 4.79 Å². The van der Waals surface area contributed by atoms with Crippen molar-refractivity contribution < 1.29 is 9.53 Å². The first-order valence-electron chi connectivity index (χ1n) is 9.63. The molecular formula is C22H20ClN5O2S2. The van der Waals surface area contributed by atoms with Gasteiger partial charge in [-0.25, -0.2) is 4.98 Å². The summed E-state index contributed by atoms with van der Waals surface area (Å²) in [4.78, 5) is 17.0. The molecule has 0 aliphatic heterocycles. The number of anilines is 1. The fourth-order valence-electron chi connectivity index (χ4n) is 3.00. The lowest BCUT2D eigenvalue weighted by Gasteiger charge is -2.09. The van der Waals surface area contributed by atoms with E-state index in [0.29, 0.717) is 26.9 Å². The first kappa shape index (κ1) is 22.3. The van der Waals surface area contributed by atoms with Gasteiger partial charge in [0.2, 0.25) is 5.91 Å². The molecule has 0 spiro atoms. The zero-order chi connectivity index (χ0) is 22.7. The minimum absolute atomic E-state index is 0.162. The molecule has 0 atom stereocenters. The summed E-state index contributed by atoms with van der Waals surface area (Å²) in [6.45, 7) is 2.04. The highest BCUT2D eigenvalue weighted by molar-refractivity contribution is 7.99. The number of aromatic nitrogens is 4. The number of aryl methyl sites for hydroxylation is 1. The zero-order valence-corrected chi connectivity index (χ0v) is 20.0. The molecule has 0 radical (unpaired) electrons. The number of amides is 1. The molecule has 0 fully saturated rings. The molecule has 10 heteroatoms. The molecule has 7 nitrogen and oxygen atoms in total. The van der Waals surface area contributed by atoms with Gasteiger partial charge in [-0.3, -0.25) is 4.79 Å². The second kappa shape index (κ2) is 9.72. The van der Waals surface area contributed by atoms with E-state index >= 15 is 0 Å². The Morgan fingerprint density at radius 1 is 1.22 bits per heavy atom. The van der Waals surface area contributed by atoms with Crippen molar-refractivity contribution in [1.82, 2.24) is 19.7 Å². The summed E-state index contributed by atoms with van der Waals surface area (Å²) in [7, 11) is 3.43. The van der Waals surface area contributed by atoms with Gasteiger partial charge in [0.05, 0.1) is 24.1 Å². The number of methoxy groups -OCH3 is 1. The average molecular weight is 486 g/mol. The Morgan fingerprint density at radius 2 is 2.00 bits per heavy atom. The summed E-state index contributed by atoms with van der Waals surface area (Å²) in [6, 6.07) is 13.4. The molecule has 1 amide bonds. The molecule has 0 unspecified atom stereocenters. The summed E-state index contributed by atoms with van der Waals surface area (Å²) in [6.07, 6.45) is 0. The molecule has 2 heterocycles. The van der Waals surface area contributed by atoms with Crippen molar-refractivity contribution in [2.45, 2.75) is 12.1 Å². The average Bonchev–Trinajstić information content (AvgIpc) is 3.39. The highest BCUT2D eigenvalue weighted by atomic mass is 35.5. The summed E-state index contributed by atoms with van der Waals surface area (Å²) in [5.74, 6) is 1.27. The molecular weight excluding hydrogens is 466 g/mol. The normalized spacial score (nSPS) is 10.9. The summed E-state index contributed by atoms with van der Waals surface area (Å²) in [5.41, 5.74) is 3.78. The number of carbonyl (C=O) groups excluding carboxylic acids is 1. The van der Waals surface area contributed by atoms with Gasteiger partial charge < -0.3 is 14.6 Å². The van der Waals surface area contributed by atoms with Crippen LogP contribution in [0.25, 0.3) is 22.6 Å². The molecule has 32 heavy (non-hydrogen) atoms. The van der Waals surface area contributed by atoms with Crippen molar-refractivity contribution >= 4 is 45.7 Å². The number of thiazole rings is 1. The number of benzene rings is 2. The van der Waals surface area contributed by atoms with Crippen molar-refractivity contribution in [1.29, 1.82) is 0 Å². The third-order valence-electron chi connectivity index (χ3n) is 4.67. The molecule has 0 saturated carbocycles. The minimum Gasteiger partial charge on any atom is -0.496 e. The number of hydrogen-bond acceptors (Lipinski definition) is 7. The number of halogens is 1. The smallest absolute Gasteiger partial charge is 0.236 e.